The topological polar surface area (TPSA) is 85.1 Å². The van der Waals surface area contributed by atoms with Crippen LogP contribution in [0, 0.1) is 6.92 Å². The van der Waals surface area contributed by atoms with Crippen molar-refractivity contribution in [2.45, 2.75) is 31.2 Å². The first-order valence-corrected chi connectivity index (χ1v) is 9.07. The Morgan fingerprint density at radius 2 is 2.00 bits per heavy atom. The minimum Gasteiger partial charge on any atom is -0.330 e. The average Bonchev–Trinajstić information content (AvgIpc) is 2.89. The molecular formula is C14H19N3O2S2. The molecule has 0 bridgehead atoms. The standard InChI is InChI=1S/C14H19N3O2S2/c1-11-17-13(10-20-11)9-16-21(18,19)14-6-4-12(5-7-14)3-2-8-15/h4-7,10,16H,2-3,8-9,15H2,1H3. The fourth-order valence-corrected chi connectivity index (χ4v) is 3.49. The molecule has 0 unspecified atom stereocenters. The second kappa shape index (κ2) is 7.13. The Morgan fingerprint density at radius 1 is 1.29 bits per heavy atom. The van der Waals surface area contributed by atoms with E-state index >= 15 is 0 Å². The molecule has 0 saturated carbocycles. The molecule has 0 aliphatic carbocycles. The second-order valence-corrected chi connectivity index (χ2v) is 7.55. The van der Waals surface area contributed by atoms with Crippen LogP contribution in [0.25, 0.3) is 0 Å². The van der Waals surface area contributed by atoms with Gasteiger partial charge >= 0.3 is 0 Å². The Bertz CT molecular complexity index is 678. The number of aromatic nitrogens is 1. The molecule has 0 radical (unpaired) electrons. The lowest BCUT2D eigenvalue weighted by atomic mass is 10.1. The molecule has 21 heavy (non-hydrogen) atoms. The second-order valence-electron chi connectivity index (χ2n) is 4.72. The normalized spacial score (nSPS) is 11.7. The van der Waals surface area contributed by atoms with Gasteiger partial charge in [0.2, 0.25) is 10.0 Å². The zero-order chi connectivity index (χ0) is 15.3. The number of aryl methyl sites for hydroxylation is 2. The molecule has 7 heteroatoms. The first-order valence-electron chi connectivity index (χ1n) is 6.71. The van der Waals surface area contributed by atoms with Gasteiger partial charge in [0, 0.05) is 5.38 Å². The summed E-state index contributed by atoms with van der Waals surface area (Å²) in [4.78, 5) is 4.50. The van der Waals surface area contributed by atoms with Crippen molar-refractivity contribution in [3.63, 3.8) is 0 Å². The Morgan fingerprint density at radius 3 is 2.57 bits per heavy atom. The number of rotatable bonds is 7. The van der Waals surface area contributed by atoms with E-state index in [1.807, 2.05) is 24.4 Å². The number of hydrogen-bond acceptors (Lipinski definition) is 5. The monoisotopic (exact) mass is 325 g/mol. The zero-order valence-electron chi connectivity index (χ0n) is 11.9. The van der Waals surface area contributed by atoms with Crippen molar-refractivity contribution in [1.29, 1.82) is 0 Å². The van der Waals surface area contributed by atoms with Crippen molar-refractivity contribution >= 4 is 21.4 Å². The molecule has 0 amide bonds. The van der Waals surface area contributed by atoms with Gasteiger partial charge in [0.15, 0.2) is 0 Å². The van der Waals surface area contributed by atoms with Crippen LogP contribution in [0.4, 0.5) is 0 Å². The summed E-state index contributed by atoms with van der Waals surface area (Å²) in [5, 5.41) is 2.78. The Hall–Kier alpha value is -1.28. The number of sulfonamides is 1. The van der Waals surface area contributed by atoms with Gasteiger partial charge in [0.05, 0.1) is 22.1 Å². The number of nitrogens with zero attached hydrogens (tertiary/aromatic N) is 1. The van der Waals surface area contributed by atoms with E-state index < -0.39 is 10.0 Å². The van der Waals surface area contributed by atoms with Gasteiger partial charge in [0.25, 0.3) is 0 Å². The molecule has 0 aliphatic rings. The first-order chi connectivity index (χ1) is 10.0. The van der Waals surface area contributed by atoms with Gasteiger partial charge in [-0.25, -0.2) is 18.1 Å². The largest absolute Gasteiger partial charge is 0.330 e. The molecule has 114 valence electrons. The van der Waals surface area contributed by atoms with Gasteiger partial charge in [-0.3, -0.25) is 0 Å². The van der Waals surface area contributed by atoms with Gasteiger partial charge in [-0.2, -0.15) is 0 Å². The lowest BCUT2D eigenvalue weighted by Gasteiger charge is -2.06. The van der Waals surface area contributed by atoms with E-state index in [1.165, 1.54) is 11.3 Å². The highest BCUT2D eigenvalue weighted by Crippen LogP contribution is 2.13. The number of nitrogens with two attached hydrogens (primary N) is 1. The summed E-state index contributed by atoms with van der Waals surface area (Å²) in [5.41, 5.74) is 7.29. The molecule has 5 nitrogen and oxygen atoms in total. The molecule has 1 aromatic heterocycles. The van der Waals surface area contributed by atoms with Gasteiger partial charge in [0.1, 0.15) is 0 Å². The lowest BCUT2D eigenvalue weighted by Crippen LogP contribution is -2.23. The molecule has 0 aliphatic heterocycles. The Balaban J connectivity index is 2.01. The van der Waals surface area contributed by atoms with Crippen molar-refractivity contribution in [3.8, 4) is 0 Å². The van der Waals surface area contributed by atoms with Gasteiger partial charge in [-0.05, 0) is 44.0 Å². The minimum absolute atomic E-state index is 0.210. The van der Waals surface area contributed by atoms with Crippen molar-refractivity contribution in [1.82, 2.24) is 9.71 Å². The van der Waals surface area contributed by atoms with E-state index in [2.05, 4.69) is 9.71 Å². The van der Waals surface area contributed by atoms with Crippen molar-refractivity contribution in [2.75, 3.05) is 6.54 Å². The van der Waals surface area contributed by atoms with Crippen LogP contribution in [-0.4, -0.2) is 19.9 Å². The lowest BCUT2D eigenvalue weighted by molar-refractivity contribution is 0.580. The zero-order valence-corrected chi connectivity index (χ0v) is 13.5. The summed E-state index contributed by atoms with van der Waals surface area (Å²) in [5.74, 6) is 0. The van der Waals surface area contributed by atoms with Crippen molar-refractivity contribution < 1.29 is 8.42 Å². The summed E-state index contributed by atoms with van der Waals surface area (Å²) >= 11 is 1.50. The molecular weight excluding hydrogens is 306 g/mol. The van der Waals surface area contributed by atoms with Gasteiger partial charge < -0.3 is 5.73 Å². The maximum atomic E-state index is 12.2. The summed E-state index contributed by atoms with van der Waals surface area (Å²) in [7, 11) is -3.50. The SMILES string of the molecule is Cc1nc(CNS(=O)(=O)c2ccc(CCCN)cc2)cs1. The van der Waals surface area contributed by atoms with Crippen LogP contribution in [-0.2, 0) is 23.0 Å². The molecule has 2 rings (SSSR count). The van der Waals surface area contributed by atoms with Crippen LogP contribution in [0.15, 0.2) is 34.5 Å². The predicted molar refractivity (Wildman–Crippen MR) is 84.7 cm³/mol. The van der Waals surface area contributed by atoms with Crippen LogP contribution in [0.1, 0.15) is 22.7 Å². The van der Waals surface area contributed by atoms with E-state index in [0.717, 1.165) is 29.1 Å². The van der Waals surface area contributed by atoms with Gasteiger partial charge in [-0.15, -0.1) is 11.3 Å². The highest BCUT2D eigenvalue weighted by Gasteiger charge is 2.14. The fraction of sp³-hybridized carbons (Fsp3) is 0.357. The number of nitrogens with one attached hydrogen (secondary N) is 1. The number of hydrogen-bond donors (Lipinski definition) is 2. The van der Waals surface area contributed by atoms with Crippen molar-refractivity contribution in [3.05, 3.63) is 45.9 Å². The third kappa shape index (κ3) is 4.60. The maximum Gasteiger partial charge on any atom is 0.240 e. The molecule has 0 spiro atoms. The van der Waals surface area contributed by atoms with E-state index in [1.54, 1.807) is 12.1 Å². The molecule has 0 atom stereocenters. The summed E-state index contributed by atoms with van der Waals surface area (Å²) < 4.78 is 26.9. The van der Waals surface area contributed by atoms with Crippen LogP contribution in [0.2, 0.25) is 0 Å². The maximum absolute atomic E-state index is 12.2. The third-order valence-corrected chi connectivity index (χ3v) is 5.25. The summed E-state index contributed by atoms with van der Waals surface area (Å²) in [6.45, 7) is 2.74. The quantitative estimate of drug-likeness (QED) is 0.813. The van der Waals surface area contributed by atoms with Crippen LogP contribution >= 0.6 is 11.3 Å². The summed E-state index contributed by atoms with van der Waals surface area (Å²) in [6, 6.07) is 6.91. The highest BCUT2D eigenvalue weighted by molar-refractivity contribution is 7.89. The average molecular weight is 325 g/mol. The predicted octanol–water partition coefficient (Wildman–Crippen LogP) is 1.82. The van der Waals surface area contributed by atoms with Crippen LogP contribution < -0.4 is 10.5 Å². The van der Waals surface area contributed by atoms with Gasteiger partial charge in [-0.1, -0.05) is 12.1 Å². The molecule has 1 aromatic carbocycles. The highest BCUT2D eigenvalue weighted by atomic mass is 32.2. The van der Waals surface area contributed by atoms with E-state index in [0.29, 0.717) is 6.54 Å². The van der Waals surface area contributed by atoms with E-state index in [-0.39, 0.29) is 11.4 Å². The first kappa shape index (κ1) is 16.1. The number of thiazole rings is 1. The van der Waals surface area contributed by atoms with E-state index in [9.17, 15) is 8.42 Å². The van der Waals surface area contributed by atoms with Crippen LogP contribution in [0.3, 0.4) is 0 Å². The molecule has 3 N–H and O–H groups in total. The van der Waals surface area contributed by atoms with Crippen LogP contribution in [0.5, 0.6) is 0 Å². The van der Waals surface area contributed by atoms with Crippen molar-refractivity contribution in [2.24, 2.45) is 5.73 Å². The molecule has 1 heterocycles. The third-order valence-electron chi connectivity index (χ3n) is 3.01. The Labute approximate surface area is 129 Å². The molecule has 2 aromatic rings. The minimum atomic E-state index is -3.50. The Kier molecular flexibility index (Phi) is 5.46. The molecule has 0 fully saturated rings. The molecule has 0 saturated heterocycles. The van der Waals surface area contributed by atoms with E-state index in [4.69, 9.17) is 5.73 Å². The number of benzene rings is 1. The summed E-state index contributed by atoms with van der Waals surface area (Å²) in [6.07, 6.45) is 1.76. The smallest absolute Gasteiger partial charge is 0.240 e. The fourth-order valence-electron chi connectivity index (χ4n) is 1.88.